The molecule has 7 heteroatoms. The highest BCUT2D eigenvalue weighted by Crippen LogP contribution is 2.16. The summed E-state index contributed by atoms with van der Waals surface area (Å²) in [7, 11) is 1.85. The van der Waals surface area contributed by atoms with Crippen molar-refractivity contribution in [3.8, 4) is 0 Å². The first-order chi connectivity index (χ1) is 11.8. The molecule has 2 aromatic rings. The Morgan fingerprint density at radius 3 is 2.52 bits per heavy atom. The minimum Gasteiger partial charge on any atom is -0.368 e. The molecule has 0 saturated carbocycles. The molecule has 0 amide bonds. The van der Waals surface area contributed by atoms with Crippen molar-refractivity contribution in [3.63, 3.8) is 0 Å². The average molecular weight is 471 g/mol. The fourth-order valence-electron chi connectivity index (χ4n) is 2.90. The fourth-order valence-corrected chi connectivity index (χ4v) is 3.70. The molecule has 136 valence electrons. The molecule has 0 spiro atoms. The molecule has 1 fully saturated rings. The quantitative estimate of drug-likeness (QED) is 0.423. The van der Waals surface area contributed by atoms with Gasteiger partial charge in [-0.15, -0.1) is 35.3 Å². The summed E-state index contributed by atoms with van der Waals surface area (Å²) in [5.41, 5.74) is 1.30. The lowest BCUT2D eigenvalue weighted by Crippen LogP contribution is -2.52. The number of hydrogen-bond donors (Lipinski definition) is 1. The number of hydrogen-bond acceptors (Lipinski definition) is 4. The van der Waals surface area contributed by atoms with E-state index >= 15 is 0 Å². The molecule has 0 bridgehead atoms. The number of aromatic nitrogens is 1. The van der Waals surface area contributed by atoms with Gasteiger partial charge in [0.25, 0.3) is 0 Å². The lowest BCUT2D eigenvalue weighted by molar-refractivity contribution is 0.372. The lowest BCUT2D eigenvalue weighted by atomic mass is 10.2. The van der Waals surface area contributed by atoms with Gasteiger partial charge in [0.1, 0.15) is 5.01 Å². The summed E-state index contributed by atoms with van der Waals surface area (Å²) >= 11 is 1.77. The molecule has 0 unspecified atom stereocenters. The summed E-state index contributed by atoms with van der Waals surface area (Å²) in [6.45, 7) is 6.90. The Labute approximate surface area is 171 Å². The van der Waals surface area contributed by atoms with Crippen molar-refractivity contribution < 1.29 is 0 Å². The number of piperazine rings is 1. The topological polar surface area (TPSA) is 43.8 Å². The van der Waals surface area contributed by atoms with Gasteiger partial charge in [0.15, 0.2) is 5.96 Å². The number of anilines is 1. The molecular formula is C18H26IN5S. The number of benzene rings is 1. The predicted octanol–water partition coefficient (Wildman–Crippen LogP) is 3.22. The molecule has 1 aliphatic heterocycles. The second kappa shape index (κ2) is 9.96. The summed E-state index contributed by atoms with van der Waals surface area (Å²) in [4.78, 5) is 15.0. The molecule has 3 rings (SSSR count). The van der Waals surface area contributed by atoms with Crippen LogP contribution in [0.3, 0.4) is 0 Å². The van der Waals surface area contributed by atoms with Gasteiger partial charge in [0.2, 0.25) is 0 Å². The smallest absolute Gasteiger partial charge is 0.194 e. The molecule has 25 heavy (non-hydrogen) atoms. The number of para-hydroxylation sites is 1. The molecule has 0 aliphatic carbocycles. The number of rotatable bonds is 4. The molecule has 1 saturated heterocycles. The zero-order chi connectivity index (χ0) is 16.8. The summed E-state index contributed by atoms with van der Waals surface area (Å²) in [6.07, 6.45) is 3.02. The van der Waals surface area contributed by atoms with Crippen LogP contribution in [-0.2, 0) is 13.0 Å². The van der Waals surface area contributed by atoms with Crippen molar-refractivity contribution >= 4 is 47.0 Å². The second-order valence-electron chi connectivity index (χ2n) is 5.78. The largest absolute Gasteiger partial charge is 0.368 e. The highest BCUT2D eigenvalue weighted by atomic mass is 127. The van der Waals surface area contributed by atoms with E-state index in [-0.39, 0.29) is 24.0 Å². The van der Waals surface area contributed by atoms with Crippen LogP contribution in [0.15, 0.2) is 41.5 Å². The van der Waals surface area contributed by atoms with Crippen LogP contribution in [0, 0.1) is 0 Å². The number of aryl methyl sites for hydroxylation is 1. The van der Waals surface area contributed by atoms with Crippen LogP contribution < -0.4 is 10.2 Å². The van der Waals surface area contributed by atoms with E-state index in [0.717, 1.165) is 50.1 Å². The fraction of sp³-hybridized carbons (Fsp3) is 0.444. The highest BCUT2D eigenvalue weighted by molar-refractivity contribution is 14.0. The number of nitrogens with zero attached hydrogens (tertiary/aromatic N) is 4. The molecule has 1 aromatic carbocycles. The molecule has 0 atom stereocenters. The van der Waals surface area contributed by atoms with Gasteiger partial charge >= 0.3 is 0 Å². The molecule has 5 nitrogen and oxygen atoms in total. The summed E-state index contributed by atoms with van der Waals surface area (Å²) < 4.78 is 0. The molecule has 1 N–H and O–H groups in total. The van der Waals surface area contributed by atoms with Crippen LogP contribution in [0.25, 0.3) is 0 Å². The number of halogens is 1. The Bertz CT molecular complexity index is 665. The van der Waals surface area contributed by atoms with E-state index in [0.29, 0.717) is 0 Å². The standard InChI is InChI=1S/C18H25N5S.HI/c1-3-16-13-20-17(24-16)14-21-18(19-2)23-11-9-22(10-12-23)15-7-5-4-6-8-15;/h4-8,13H,3,9-12,14H2,1-2H3,(H,19,21);1H. The zero-order valence-corrected chi connectivity index (χ0v) is 18.0. The van der Waals surface area contributed by atoms with Crippen molar-refractivity contribution in [1.29, 1.82) is 0 Å². The van der Waals surface area contributed by atoms with Crippen molar-refractivity contribution in [1.82, 2.24) is 15.2 Å². The van der Waals surface area contributed by atoms with E-state index in [4.69, 9.17) is 0 Å². The first-order valence-corrected chi connectivity index (χ1v) is 9.31. The van der Waals surface area contributed by atoms with Crippen molar-refractivity contribution in [2.75, 3.05) is 38.1 Å². The van der Waals surface area contributed by atoms with Crippen LogP contribution in [0.5, 0.6) is 0 Å². The van der Waals surface area contributed by atoms with E-state index in [1.165, 1.54) is 10.6 Å². The van der Waals surface area contributed by atoms with E-state index < -0.39 is 0 Å². The first-order valence-electron chi connectivity index (χ1n) is 8.49. The Morgan fingerprint density at radius 2 is 1.92 bits per heavy atom. The van der Waals surface area contributed by atoms with Crippen molar-refractivity contribution in [2.24, 2.45) is 4.99 Å². The van der Waals surface area contributed by atoms with E-state index in [2.05, 4.69) is 62.3 Å². The average Bonchev–Trinajstić information content (AvgIpc) is 3.12. The van der Waals surface area contributed by atoms with Gasteiger partial charge in [-0.25, -0.2) is 4.98 Å². The van der Waals surface area contributed by atoms with Gasteiger partial charge in [-0.3, -0.25) is 4.99 Å². The molecule has 1 aliphatic rings. The van der Waals surface area contributed by atoms with Crippen molar-refractivity contribution in [3.05, 3.63) is 46.4 Å². The van der Waals surface area contributed by atoms with Gasteiger partial charge in [0, 0.05) is 50.0 Å². The number of nitrogens with one attached hydrogen (secondary N) is 1. The third kappa shape index (κ3) is 5.31. The van der Waals surface area contributed by atoms with Crippen LogP contribution in [0.4, 0.5) is 5.69 Å². The first kappa shape index (κ1) is 20.0. The number of guanidine groups is 1. The minimum absolute atomic E-state index is 0. The van der Waals surface area contributed by atoms with Gasteiger partial charge in [-0.1, -0.05) is 25.1 Å². The molecular weight excluding hydrogens is 445 g/mol. The van der Waals surface area contributed by atoms with Gasteiger partial charge in [-0.05, 0) is 18.6 Å². The van der Waals surface area contributed by atoms with E-state index in [9.17, 15) is 0 Å². The Balaban J connectivity index is 0.00000225. The number of thiazole rings is 1. The Hall–Kier alpha value is -1.35. The monoisotopic (exact) mass is 471 g/mol. The molecule has 0 radical (unpaired) electrons. The molecule has 2 heterocycles. The zero-order valence-electron chi connectivity index (χ0n) is 14.8. The highest BCUT2D eigenvalue weighted by Gasteiger charge is 2.19. The minimum atomic E-state index is 0. The Morgan fingerprint density at radius 1 is 1.20 bits per heavy atom. The van der Waals surface area contributed by atoms with E-state index in [1.807, 2.05) is 13.2 Å². The second-order valence-corrected chi connectivity index (χ2v) is 6.98. The maximum absolute atomic E-state index is 4.46. The number of aliphatic imine (C=N–C) groups is 1. The van der Waals surface area contributed by atoms with Gasteiger partial charge in [0.05, 0.1) is 6.54 Å². The lowest BCUT2D eigenvalue weighted by Gasteiger charge is -2.37. The van der Waals surface area contributed by atoms with Crippen LogP contribution in [-0.4, -0.2) is 49.1 Å². The molecule has 1 aromatic heterocycles. The summed E-state index contributed by atoms with van der Waals surface area (Å²) in [6, 6.07) is 10.6. The third-order valence-electron chi connectivity index (χ3n) is 4.26. The van der Waals surface area contributed by atoms with Crippen LogP contribution >= 0.6 is 35.3 Å². The van der Waals surface area contributed by atoms with Crippen molar-refractivity contribution in [2.45, 2.75) is 19.9 Å². The normalized spacial score (nSPS) is 15.0. The SMILES string of the molecule is CCc1cnc(CNC(=NC)N2CCN(c3ccccc3)CC2)s1.I. The third-order valence-corrected chi connectivity index (χ3v) is 5.40. The van der Waals surface area contributed by atoms with Gasteiger partial charge in [-0.2, -0.15) is 0 Å². The predicted molar refractivity (Wildman–Crippen MR) is 117 cm³/mol. The summed E-state index contributed by atoms with van der Waals surface area (Å²) in [5.74, 6) is 0.968. The Kier molecular flexibility index (Phi) is 7.95. The maximum atomic E-state index is 4.46. The van der Waals surface area contributed by atoms with Crippen LogP contribution in [0.1, 0.15) is 16.8 Å². The van der Waals surface area contributed by atoms with Gasteiger partial charge < -0.3 is 15.1 Å². The van der Waals surface area contributed by atoms with Crippen LogP contribution in [0.2, 0.25) is 0 Å². The van der Waals surface area contributed by atoms with E-state index in [1.54, 1.807) is 11.3 Å². The summed E-state index contributed by atoms with van der Waals surface area (Å²) in [5, 5.41) is 4.57. The maximum Gasteiger partial charge on any atom is 0.194 e.